The smallest absolute Gasteiger partial charge is 0.306 e. The highest BCUT2D eigenvalue weighted by molar-refractivity contribution is 5.71. The maximum Gasteiger partial charge on any atom is 0.306 e. The number of carbonyl (C=O) groups excluding carboxylic acids is 3. The van der Waals surface area contributed by atoms with Gasteiger partial charge < -0.3 is 14.2 Å². The van der Waals surface area contributed by atoms with Crippen LogP contribution in [0.4, 0.5) is 0 Å². The molecule has 0 aliphatic rings. The van der Waals surface area contributed by atoms with Crippen LogP contribution in [0.2, 0.25) is 0 Å². The molecule has 0 fully saturated rings. The molecule has 0 amide bonds. The molecule has 0 saturated carbocycles. The van der Waals surface area contributed by atoms with Crippen molar-refractivity contribution < 1.29 is 28.6 Å². The first-order valence-corrected chi connectivity index (χ1v) is 26.2. The van der Waals surface area contributed by atoms with Crippen molar-refractivity contribution in [1.82, 2.24) is 0 Å². The van der Waals surface area contributed by atoms with Gasteiger partial charge in [0.2, 0.25) is 0 Å². The lowest BCUT2D eigenvalue weighted by Crippen LogP contribution is -2.30. The van der Waals surface area contributed by atoms with Crippen LogP contribution < -0.4 is 0 Å². The summed E-state index contributed by atoms with van der Waals surface area (Å²) in [5.74, 6) is -0.887. The van der Waals surface area contributed by atoms with Crippen LogP contribution in [0.15, 0.2) is 48.6 Å². The molecule has 6 heteroatoms. The number of ether oxygens (including phenoxy) is 3. The van der Waals surface area contributed by atoms with E-state index in [-0.39, 0.29) is 31.1 Å². The van der Waals surface area contributed by atoms with Gasteiger partial charge in [0.05, 0.1) is 0 Å². The number of unbranched alkanes of at least 4 members (excludes halogenated alkanes) is 30. The first kappa shape index (κ1) is 58.4. The molecular weight excluding hydrogens is 757 g/mol. The molecule has 1 unspecified atom stereocenters. The number of rotatable bonds is 47. The van der Waals surface area contributed by atoms with Gasteiger partial charge in [-0.2, -0.15) is 0 Å². The molecule has 0 rings (SSSR count). The second-order valence-corrected chi connectivity index (χ2v) is 17.5. The molecule has 0 aliphatic heterocycles. The number of hydrogen-bond donors (Lipinski definition) is 0. The third-order valence-electron chi connectivity index (χ3n) is 11.4. The number of hydrogen-bond acceptors (Lipinski definition) is 6. The van der Waals surface area contributed by atoms with Crippen LogP contribution >= 0.6 is 0 Å². The van der Waals surface area contributed by atoms with E-state index in [9.17, 15) is 14.4 Å². The molecule has 0 bridgehead atoms. The fourth-order valence-corrected chi connectivity index (χ4v) is 7.44. The third-order valence-corrected chi connectivity index (χ3v) is 11.4. The Kier molecular flexibility index (Phi) is 47.9. The normalized spacial score (nSPS) is 12.4. The van der Waals surface area contributed by atoms with E-state index in [2.05, 4.69) is 69.4 Å². The van der Waals surface area contributed by atoms with Crippen LogP contribution in [0.1, 0.15) is 265 Å². The Bertz CT molecular complexity index is 1070. The zero-order valence-electron chi connectivity index (χ0n) is 40.4. The summed E-state index contributed by atoms with van der Waals surface area (Å²) in [5, 5.41) is 0. The lowest BCUT2D eigenvalue weighted by Gasteiger charge is -2.18. The summed E-state index contributed by atoms with van der Waals surface area (Å²) >= 11 is 0. The van der Waals surface area contributed by atoms with Gasteiger partial charge in [-0.05, 0) is 64.2 Å². The molecule has 6 nitrogen and oxygen atoms in total. The second-order valence-electron chi connectivity index (χ2n) is 17.5. The summed E-state index contributed by atoms with van der Waals surface area (Å²) in [7, 11) is 0. The van der Waals surface area contributed by atoms with E-state index in [0.29, 0.717) is 19.3 Å². The predicted octanol–water partition coefficient (Wildman–Crippen LogP) is 17.1. The summed E-state index contributed by atoms with van der Waals surface area (Å²) in [6, 6.07) is 0. The number of allylic oxidation sites excluding steroid dienone is 8. The van der Waals surface area contributed by atoms with E-state index in [4.69, 9.17) is 14.2 Å². The van der Waals surface area contributed by atoms with Crippen molar-refractivity contribution in [3.8, 4) is 0 Å². The summed E-state index contributed by atoms with van der Waals surface area (Å²) < 4.78 is 16.8. The van der Waals surface area contributed by atoms with E-state index < -0.39 is 6.10 Å². The zero-order valence-corrected chi connectivity index (χ0v) is 40.4. The van der Waals surface area contributed by atoms with Crippen LogP contribution in [-0.2, 0) is 28.6 Å². The maximum atomic E-state index is 12.8. The predicted molar refractivity (Wildman–Crippen MR) is 261 cm³/mol. The Hall–Kier alpha value is -2.63. The van der Waals surface area contributed by atoms with Gasteiger partial charge in [-0.3, -0.25) is 14.4 Å². The summed E-state index contributed by atoms with van der Waals surface area (Å²) in [4.78, 5) is 38.0. The Morgan fingerprint density at radius 3 is 1.03 bits per heavy atom. The minimum atomic E-state index is -0.777. The molecule has 61 heavy (non-hydrogen) atoms. The van der Waals surface area contributed by atoms with Crippen LogP contribution in [-0.4, -0.2) is 37.2 Å². The molecular formula is C55H98O6. The zero-order chi connectivity index (χ0) is 44.4. The second kappa shape index (κ2) is 50.0. The lowest BCUT2D eigenvalue weighted by atomic mass is 10.1. The highest BCUT2D eigenvalue weighted by Gasteiger charge is 2.19. The van der Waals surface area contributed by atoms with Gasteiger partial charge in [0.1, 0.15) is 13.2 Å². The Morgan fingerprint density at radius 1 is 0.344 bits per heavy atom. The molecule has 0 aliphatic carbocycles. The van der Waals surface area contributed by atoms with E-state index >= 15 is 0 Å². The average Bonchev–Trinajstić information content (AvgIpc) is 3.26. The Labute approximate surface area is 378 Å². The average molecular weight is 855 g/mol. The Morgan fingerprint density at radius 2 is 0.656 bits per heavy atom. The standard InChI is InChI=1S/C55H98O6/c1-4-7-10-13-16-19-22-24-26-27-29-30-33-36-39-42-45-48-54(57)60-51-52(50-59-53(56)47-44-41-38-35-32-21-18-15-12-9-6-3)61-55(58)49-46-43-40-37-34-31-28-25-23-20-17-14-11-8-5-2/h8,11,14,17,20,23-24,26,52H,4-7,9-10,12-13,15-16,18-19,21-22,25,27-51H2,1-3H3/b11-8-,17-14-,23-20-,26-24-. The van der Waals surface area contributed by atoms with Crippen LogP contribution in [0.25, 0.3) is 0 Å². The summed E-state index contributed by atoms with van der Waals surface area (Å²) in [6.07, 6.45) is 59.5. The fourth-order valence-electron chi connectivity index (χ4n) is 7.44. The van der Waals surface area contributed by atoms with Gasteiger partial charge in [-0.25, -0.2) is 0 Å². The van der Waals surface area contributed by atoms with Crippen LogP contribution in [0.3, 0.4) is 0 Å². The van der Waals surface area contributed by atoms with Crippen molar-refractivity contribution >= 4 is 17.9 Å². The van der Waals surface area contributed by atoms with Crippen LogP contribution in [0, 0.1) is 0 Å². The van der Waals surface area contributed by atoms with Gasteiger partial charge >= 0.3 is 17.9 Å². The van der Waals surface area contributed by atoms with E-state index in [1.807, 2.05) is 0 Å². The lowest BCUT2D eigenvalue weighted by molar-refractivity contribution is -0.167. The van der Waals surface area contributed by atoms with Gasteiger partial charge in [0.15, 0.2) is 6.10 Å². The monoisotopic (exact) mass is 855 g/mol. The number of carbonyl (C=O) groups is 3. The summed E-state index contributed by atoms with van der Waals surface area (Å²) in [5.41, 5.74) is 0. The minimum Gasteiger partial charge on any atom is -0.462 e. The molecule has 0 N–H and O–H groups in total. The van der Waals surface area contributed by atoms with Gasteiger partial charge in [-0.15, -0.1) is 0 Å². The van der Waals surface area contributed by atoms with Gasteiger partial charge in [0, 0.05) is 19.3 Å². The first-order chi connectivity index (χ1) is 30.0. The molecule has 0 aromatic carbocycles. The van der Waals surface area contributed by atoms with Crippen molar-refractivity contribution in [2.24, 2.45) is 0 Å². The quantitative estimate of drug-likeness (QED) is 0.0199. The van der Waals surface area contributed by atoms with E-state index in [1.165, 1.54) is 154 Å². The molecule has 1 atom stereocenters. The summed E-state index contributed by atoms with van der Waals surface area (Å²) in [6.45, 7) is 6.50. The largest absolute Gasteiger partial charge is 0.462 e. The number of esters is 3. The first-order valence-electron chi connectivity index (χ1n) is 26.2. The van der Waals surface area contributed by atoms with Gasteiger partial charge in [0.25, 0.3) is 0 Å². The van der Waals surface area contributed by atoms with E-state index in [1.54, 1.807) is 0 Å². The van der Waals surface area contributed by atoms with Crippen molar-refractivity contribution in [2.75, 3.05) is 13.2 Å². The molecule has 0 spiro atoms. The van der Waals surface area contributed by atoms with Crippen molar-refractivity contribution in [3.63, 3.8) is 0 Å². The fraction of sp³-hybridized carbons (Fsp3) is 0.800. The maximum absolute atomic E-state index is 12.8. The molecule has 354 valence electrons. The molecule has 0 saturated heterocycles. The molecule has 0 aromatic rings. The third kappa shape index (κ3) is 48.3. The topological polar surface area (TPSA) is 78.9 Å². The van der Waals surface area contributed by atoms with Gasteiger partial charge in [-0.1, -0.05) is 230 Å². The van der Waals surface area contributed by atoms with E-state index in [0.717, 1.165) is 70.6 Å². The minimum absolute atomic E-state index is 0.0772. The van der Waals surface area contributed by atoms with Crippen molar-refractivity contribution in [1.29, 1.82) is 0 Å². The van der Waals surface area contributed by atoms with Crippen molar-refractivity contribution in [3.05, 3.63) is 48.6 Å². The van der Waals surface area contributed by atoms with Crippen molar-refractivity contribution in [2.45, 2.75) is 271 Å². The molecule has 0 aromatic heterocycles. The molecule has 0 radical (unpaired) electrons. The molecule has 0 heterocycles. The highest BCUT2D eigenvalue weighted by Crippen LogP contribution is 2.15. The Balaban J connectivity index is 4.36. The highest BCUT2D eigenvalue weighted by atomic mass is 16.6. The SMILES string of the molecule is CC\C=C/C=C\C=C/CCCCCCCCCC(=O)OC(COC(=O)CCCCCCCCC/C=C\CCCCCCCC)COC(=O)CCCCCCCCCCCCC. The van der Waals surface area contributed by atoms with Crippen LogP contribution in [0.5, 0.6) is 0 Å².